The van der Waals surface area contributed by atoms with Crippen LogP contribution in [-0.4, -0.2) is 28.7 Å². The Kier molecular flexibility index (Phi) is 5.30. The summed E-state index contributed by atoms with van der Waals surface area (Å²) in [6.07, 6.45) is 5.45. The van der Waals surface area contributed by atoms with Gasteiger partial charge in [-0.3, -0.25) is 9.52 Å². The van der Waals surface area contributed by atoms with Crippen LogP contribution in [0, 0.1) is 5.92 Å². The van der Waals surface area contributed by atoms with Crippen molar-refractivity contribution in [2.75, 3.05) is 10.5 Å². The number of nitrogens with one attached hydrogen (secondary N) is 1. The van der Waals surface area contributed by atoms with Gasteiger partial charge in [-0.05, 0) is 43.0 Å². The lowest BCUT2D eigenvalue weighted by Gasteiger charge is -2.10. The number of sulfonamides is 1. The van der Waals surface area contributed by atoms with E-state index in [2.05, 4.69) is 14.7 Å². The highest BCUT2D eigenvalue weighted by atomic mass is 35.5. The van der Waals surface area contributed by atoms with Gasteiger partial charge in [0.25, 0.3) is 10.0 Å². The molecule has 1 fully saturated rings. The zero-order valence-electron chi connectivity index (χ0n) is 17.4. The van der Waals surface area contributed by atoms with Crippen molar-refractivity contribution in [3.8, 4) is 0 Å². The third-order valence-electron chi connectivity index (χ3n) is 5.58. The fourth-order valence-electron chi connectivity index (χ4n) is 3.79. The number of benzene rings is 2. The van der Waals surface area contributed by atoms with Crippen LogP contribution in [0.4, 0.5) is 11.5 Å². The van der Waals surface area contributed by atoms with Crippen LogP contribution in [0.1, 0.15) is 28.8 Å². The molecule has 0 bridgehead atoms. The van der Waals surface area contributed by atoms with Crippen molar-refractivity contribution in [3.63, 3.8) is 0 Å². The molecule has 10 heteroatoms. The third-order valence-corrected chi connectivity index (χ3v) is 7.46. The molecule has 8 nitrogen and oxygen atoms in total. The minimum absolute atomic E-state index is 0.0449. The first kappa shape index (κ1) is 21.4. The predicted octanol–water partition coefficient (Wildman–Crippen LogP) is 4.11. The maximum atomic E-state index is 13.4. The molecular formula is C23H20ClN5O3S. The van der Waals surface area contributed by atoms with Gasteiger partial charge in [0.2, 0.25) is 0 Å². The Morgan fingerprint density at radius 3 is 2.70 bits per heavy atom. The number of carbonyl (C=O) groups is 1. The second-order valence-electron chi connectivity index (χ2n) is 8.04. The van der Waals surface area contributed by atoms with Crippen LogP contribution < -0.4 is 10.5 Å². The summed E-state index contributed by atoms with van der Waals surface area (Å²) in [5, 5.41) is 0.612. The SMILES string of the molecule is Nc1ncnc2c1c(C(=O)c1cccc(NS(=O)(=O)c3ccccc3Cl)c1)cn2CC1CC1. The molecule has 33 heavy (non-hydrogen) atoms. The third kappa shape index (κ3) is 4.17. The molecule has 1 saturated carbocycles. The summed E-state index contributed by atoms with van der Waals surface area (Å²) in [6, 6.07) is 12.4. The number of rotatable bonds is 7. The first-order valence-corrected chi connectivity index (χ1v) is 12.2. The summed E-state index contributed by atoms with van der Waals surface area (Å²) in [4.78, 5) is 21.8. The van der Waals surface area contributed by atoms with Crippen molar-refractivity contribution in [2.45, 2.75) is 24.3 Å². The Morgan fingerprint density at radius 2 is 1.94 bits per heavy atom. The van der Waals surface area contributed by atoms with Crippen molar-refractivity contribution in [1.82, 2.24) is 14.5 Å². The monoisotopic (exact) mass is 481 g/mol. The van der Waals surface area contributed by atoms with Gasteiger partial charge < -0.3 is 10.3 Å². The van der Waals surface area contributed by atoms with E-state index in [1.165, 1.54) is 24.5 Å². The number of nitrogens with two attached hydrogens (primary N) is 1. The maximum absolute atomic E-state index is 13.4. The molecule has 0 atom stereocenters. The molecule has 2 aromatic carbocycles. The molecule has 168 valence electrons. The van der Waals surface area contributed by atoms with E-state index in [-0.39, 0.29) is 27.2 Å². The van der Waals surface area contributed by atoms with E-state index < -0.39 is 10.0 Å². The van der Waals surface area contributed by atoms with Gasteiger partial charge in [-0.1, -0.05) is 35.9 Å². The number of halogens is 1. The number of nitrogens with zero attached hydrogens (tertiary/aromatic N) is 3. The average Bonchev–Trinajstić information content (AvgIpc) is 3.53. The van der Waals surface area contributed by atoms with Gasteiger partial charge >= 0.3 is 0 Å². The second kappa shape index (κ2) is 8.17. The summed E-state index contributed by atoms with van der Waals surface area (Å²) in [7, 11) is -3.93. The second-order valence-corrected chi connectivity index (χ2v) is 10.1. The number of hydrogen-bond donors (Lipinski definition) is 2. The van der Waals surface area contributed by atoms with Crippen LogP contribution in [0.25, 0.3) is 11.0 Å². The van der Waals surface area contributed by atoms with E-state index >= 15 is 0 Å². The molecule has 0 saturated heterocycles. The highest BCUT2D eigenvalue weighted by Crippen LogP contribution is 2.34. The average molecular weight is 482 g/mol. The number of carbonyl (C=O) groups excluding carboxylic acids is 1. The fraction of sp³-hybridized carbons (Fsp3) is 0.174. The van der Waals surface area contributed by atoms with Gasteiger partial charge in [0.15, 0.2) is 5.78 Å². The van der Waals surface area contributed by atoms with E-state index in [0.717, 1.165) is 19.4 Å². The molecule has 0 spiro atoms. The molecule has 0 unspecified atom stereocenters. The molecule has 4 aromatic rings. The number of anilines is 2. The van der Waals surface area contributed by atoms with Gasteiger partial charge in [0.05, 0.1) is 16.0 Å². The predicted molar refractivity (Wildman–Crippen MR) is 127 cm³/mol. The first-order chi connectivity index (χ1) is 15.8. The smallest absolute Gasteiger partial charge is 0.263 e. The molecule has 0 amide bonds. The molecule has 0 radical (unpaired) electrons. The fourth-order valence-corrected chi connectivity index (χ4v) is 5.36. The molecule has 2 heterocycles. The van der Waals surface area contributed by atoms with Crippen LogP contribution in [-0.2, 0) is 16.6 Å². The Hall–Kier alpha value is -3.43. The zero-order valence-corrected chi connectivity index (χ0v) is 19.0. The summed E-state index contributed by atoms with van der Waals surface area (Å²) < 4.78 is 30.0. The summed E-state index contributed by atoms with van der Waals surface area (Å²) >= 11 is 6.05. The molecule has 0 aliphatic heterocycles. The van der Waals surface area contributed by atoms with Crippen LogP contribution >= 0.6 is 11.6 Å². The molecule has 2 aromatic heterocycles. The number of aromatic nitrogens is 3. The summed E-state index contributed by atoms with van der Waals surface area (Å²) in [6.45, 7) is 0.762. The number of hydrogen-bond acceptors (Lipinski definition) is 6. The van der Waals surface area contributed by atoms with Crippen molar-refractivity contribution < 1.29 is 13.2 Å². The van der Waals surface area contributed by atoms with Gasteiger partial charge in [-0.25, -0.2) is 18.4 Å². The number of nitrogen functional groups attached to an aromatic ring is 1. The van der Waals surface area contributed by atoms with E-state index in [1.807, 2.05) is 4.57 Å². The van der Waals surface area contributed by atoms with Crippen molar-refractivity contribution in [1.29, 1.82) is 0 Å². The first-order valence-electron chi connectivity index (χ1n) is 10.3. The van der Waals surface area contributed by atoms with Crippen LogP contribution in [0.3, 0.4) is 0 Å². The molecule has 1 aliphatic rings. The van der Waals surface area contributed by atoms with Crippen LogP contribution in [0.2, 0.25) is 5.02 Å². The minimum atomic E-state index is -3.93. The summed E-state index contributed by atoms with van der Waals surface area (Å²) in [5.41, 5.74) is 7.66. The topological polar surface area (TPSA) is 120 Å². The van der Waals surface area contributed by atoms with Gasteiger partial charge in [-0.2, -0.15) is 0 Å². The quantitative estimate of drug-likeness (QED) is 0.383. The van der Waals surface area contributed by atoms with Gasteiger partial charge in [0.1, 0.15) is 22.7 Å². The molecule has 1 aliphatic carbocycles. The van der Waals surface area contributed by atoms with E-state index in [0.29, 0.717) is 28.1 Å². The van der Waals surface area contributed by atoms with Crippen LogP contribution in [0.5, 0.6) is 0 Å². The van der Waals surface area contributed by atoms with Gasteiger partial charge in [0, 0.05) is 24.0 Å². The largest absolute Gasteiger partial charge is 0.383 e. The van der Waals surface area contributed by atoms with Gasteiger partial charge in [-0.15, -0.1) is 0 Å². The summed E-state index contributed by atoms with van der Waals surface area (Å²) in [5.74, 6) is 0.505. The minimum Gasteiger partial charge on any atom is -0.383 e. The molecular weight excluding hydrogens is 462 g/mol. The van der Waals surface area contributed by atoms with Crippen molar-refractivity contribution >= 4 is 49.9 Å². The Morgan fingerprint density at radius 1 is 1.15 bits per heavy atom. The number of ketones is 1. The Bertz CT molecular complexity index is 1500. The normalized spacial score (nSPS) is 13.8. The van der Waals surface area contributed by atoms with Crippen molar-refractivity contribution in [3.05, 3.63) is 77.2 Å². The van der Waals surface area contributed by atoms with Crippen LogP contribution in [0.15, 0.2) is 66.0 Å². The lowest BCUT2D eigenvalue weighted by molar-refractivity contribution is 0.104. The Labute approximate surface area is 195 Å². The lowest BCUT2D eigenvalue weighted by Crippen LogP contribution is -2.14. The van der Waals surface area contributed by atoms with E-state index in [1.54, 1.807) is 36.5 Å². The van der Waals surface area contributed by atoms with Crippen molar-refractivity contribution in [2.24, 2.45) is 5.92 Å². The molecule has 5 rings (SSSR count). The van der Waals surface area contributed by atoms with E-state index in [4.69, 9.17) is 17.3 Å². The molecule has 3 N–H and O–H groups in total. The Balaban J connectivity index is 1.50. The van der Waals surface area contributed by atoms with E-state index in [9.17, 15) is 13.2 Å². The standard InChI is InChI=1S/C23H20ClN5O3S/c24-18-6-1-2-7-19(18)33(31,32)28-16-5-3-4-15(10-16)21(30)17-12-29(11-14-8-9-14)23-20(17)22(25)26-13-27-23/h1-7,10,12-14,28H,8-9,11H2,(H2,25,26,27). The lowest BCUT2D eigenvalue weighted by atomic mass is 10.0. The highest BCUT2D eigenvalue weighted by molar-refractivity contribution is 7.92. The highest BCUT2D eigenvalue weighted by Gasteiger charge is 2.26. The maximum Gasteiger partial charge on any atom is 0.263 e. The number of fused-ring (bicyclic) bond motifs is 1. The zero-order chi connectivity index (χ0) is 23.2.